The van der Waals surface area contributed by atoms with Crippen molar-refractivity contribution in [3.05, 3.63) is 59.9 Å². The number of carbonyl (C=O) groups excluding carboxylic acids is 3. The largest absolute Gasteiger partial charge is 0.467 e. The van der Waals surface area contributed by atoms with Crippen molar-refractivity contribution in [1.82, 2.24) is 15.3 Å². The number of hydrogen-bond acceptors (Lipinski definition) is 7. The van der Waals surface area contributed by atoms with Crippen LogP contribution in [-0.2, 0) is 20.9 Å². The van der Waals surface area contributed by atoms with Crippen LogP contribution in [0.2, 0.25) is 0 Å². The molecule has 0 spiro atoms. The highest BCUT2D eigenvalue weighted by atomic mass is 16.5. The lowest BCUT2D eigenvalue weighted by atomic mass is 10.0. The minimum Gasteiger partial charge on any atom is -0.467 e. The van der Waals surface area contributed by atoms with Crippen LogP contribution in [0.25, 0.3) is 10.9 Å². The lowest BCUT2D eigenvalue weighted by molar-refractivity contribution is -0.142. The number of rotatable bonds is 8. The van der Waals surface area contributed by atoms with E-state index in [4.69, 9.17) is 4.74 Å². The molecule has 1 atom stereocenters. The first-order valence-electron chi connectivity index (χ1n) is 10.5. The molecule has 172 valence electrons. The normalized spacial score (nSPS) is 11.7. The Kier molecular flexibility index (Phi) is 7.55. The summed E-state index contributed by atoms with van der Waals surface area (Å²) < 4.78 is 4.92. The van der Waals surface area contributed by atoms with E-state index in [-0.39, 0.29) is 24.3 Å². The van der Waals surface area contributed by atoms with Gasteiger partial charge in [-0.1, -0.05) is 38.1 Å². The van der Waals surface area contributed by atoms with Gasteiger partial charge >= 0.3 is 5.97 Å². The van der Waals surface area contributed by atoms with Crippen LogP contribution in [0.3, 0.4) is 0 Å². The van der Waals surface area contributed by atoms with Gasteiger partial charge in [-0.3, -0.25) is 9.59 Å². The standard InChI is InChI=1S/C24H27N5O4/c1-14(2)21(24(32)33-4)29-22-16-9-5-7-11-18(16)27-20(28-22)13-25-23(31)17-10-6-8-12-19(17)26-15(3)30/h5-12,14,21H,13H2,1-4H3,(H,25,31)(H,26,30)(H,27,28,29)/t21-/m0/s1. The number of nitrogens with zero attached hydrogens (tertiary/aromatic N) is 2. The van der Waals surface area contributed by atoms with Gasteiger partial charge in [-0.15, -0.1) is 0 Å². The fraction of sp³-hybridized carbons (Fsp3) is 0.292. The molecule has 0 saturated carbocycles. The van der Waals surface area contributed by atoms with Crippen LogP contribution in [0.1, 0.15) is 37.0 Å². The van der Waals surface area contributed by atoms with Crippen LogP contribution in [0, 0.1) is 5.92 Å². The summed E-state index contributed by atoms with van der Waals surface area (Å²) in [7, 11) is 1.34. The van der Waals surface area contributed by atoms with Gasteiger partial charge in [-0.05, 0) is 30.2 Å². The van der Waals surface area contributed by atoms with Crippen molar-refractivity contribution in [3.8, 4) is 0 Å². The van der Waals surface area contributed by atoms with Crippen LogP contribution in [0.15, 0.2) is 48.5 Å². The molecule has 0 fully saturated rings. The van der Waals surface area contributed by atoms with Gasteiger partial charge in [-0.2, -0.15) is 0 Å². The van der Waals surface area contributed by atoms with E-state index in [0.717, 1.165) is 5.39 Å². The van der Waals surface area contributed by atoms with Gasteiger partial charge in [0.2, 0.25) is 5.91 Å². The third-order valence-electron chi connectivity index (χ3n) is 4.95. The quantitative estimate of drug-likeness (QED) is 0.452. The first kappa shape index (κ1) is 23.6. The molecule has 2 amide bonds. The molecule has 3 rings (SSSR count). The van der Waals surface area contributed by atoms with E-state index in [1.165, 1.54) is 14.0 Å². The Bertz CT molecular complexity index is 1180. The summed E-state index contributed by atoms with van der Waals surface area (Å²) in [6, 6.07) is 13.5. The Morgan fingerprint density at radius 2 is 1.70 bits per heavy atom. The summed E-state index contributed by atoms with van der Waals surface area (Å²) in [6.07, 6.45) is 0. The average molecular weight is 450 g/mol. The number of anilines is 2. The molecule has 3 N–H and O–H groups in total. The number of amides is 2. The zero-order chi connectivity index (χ0) is 24.0. The van der Waals surface area contributed by atoms with Crippen LogP contribution in [0.4, 0.5) is 11.5 Å². The van der Waals surface area contributed by atoms with E-state index < -0.39 is 12.0 Å². The number of hydrogen-bond donors (Lipinski definition) is 3. The summed E-state index contributed by atoms with van der Waals surface area (Å²) >= 11 is 0. The monoisotopic (exact) mass is 449 g/mol. The maximum absolute atomic E-state index is 12.8. The SMILES string of the molecule is COC(=O)[C@@H](Nc1nc(CNC(=O)c2ccccc2NC(C)=O)nc2ccccc12)C(C)C. The predicted molar refractivity (Wildman–Crippen MR) is 126 cm³/mol. The molecule has 9 heteroatoms. The van der Waals surface area contributed by atoms with E-state index in [9.17, 15) is 14.4 Å². The van der Waals surface area contributed by atoms with Gasteiger partial charge < -0.3 is 20.7 Å². The lowest BCUT2D eigenvalue weighted by Crippen LogP contribution is -2.36. The molecule has 3 aromatic rings. The number of esters is 1. The molecule has 0 bridgehead atoms. The molecular weight excluding hydrogens is 422 g/mol. The zero-order valence-electron chi connectivity index (χ0n) is 19.0. The maximum atomic E-state index is 12.8. The van der Waals surface area contributed by atoms with Crippen LogP contribution in [-0.4, -0.2) is 40.9 Å². The number of ether oxygens (including phenoxy) is 1. The van der Waals surface area contributed by atoms with Crippen molar-refractivity contribution in [2.45, 2.75) is 33.4 Å². The summed E-state index contributed by atoms with van der Waals surface area (Å²) in [5.41, 5.74) is 1.42. The predicted octanol–water partition coefficient (Wildman–Crippen LogP) is 3.13. The van der Waals surface area contributed by atoms with Crippen molar-refractivity contribution in [3.63, 3.8) is 0 Å². The van der Waals surface area contributed by atoms with E-state index in [1.54, 1.807) is 24.3 Å². The fourth-order valence-corrected chi connectivity index (χ4v) is 3.32. The summed E-state index contributed by atoms with van der Waals surface area (Å²) in [5, 5.41) is 9.37. The Morgan fingerprint density at radius 3 is 2.39 bits per heavy atom. The number of carbonyl (C=O) groups is 3. The highest BCUT2D eigenvalue weighted by Crippen LogP contribution is 2.23. The van der Waals surface area contributed by atoms with Gasteiger partial charge in [0.05, 0.1) is 30.4 Å². The number of nitrogens with one attached hydrogen (secondary N) is 3. The number of para-hydroxylation sites is 2. The third-order valence-corrected chi connectivity index (χ3v) is 4.95. The van der Waals surface area contributed by atoms with Crippen molar-refractivity contribution in [1.29, 1.82) is 0 Å². The number of benzene rings is 2. The molecule has 2 aromatic carbocycles. The number of fused-ring (bicyclic) bond motifs is 1. The molecule has 0 radical (unpaired) electrons. The molecular formula is C24H27N5O4. The third kappa shape index (κ3) is 5.82. The Hall–Kier alpha value is -4.01. The van der Waals surface area contributed by atoms with Gasteiger partial charge in [0.1, 0.15) is 11.9 Å². The molecule has 1 heterocycles. The zero-order valence-corrected chi connectivity index (χ0v) is 19.0. The smallest absolute Gasteiger partial charge is 0.328 e. The molecule has 0 aliphatic carbocycles. The summed E-state index contributed by atoms with van der Waals surface area (Å²) in [6.45, 7) is 5.25. The van der Waals surface area contributed by atoms with Gasteiger partial charge in [0.15, 0.2) is 5.82 Å². The Morgan fingerprint density at radius 1 is 1.00 bits per heavy atom. The van der Waals surface area contributed by atoms with Crippen molar-refractivity contribution < 1.29 is 19.1 Å². The van der Waals surface area contributed by atoms with Gasteiger partial charge in [0.25, 0.3) is 5.91 Å². The highest BCUT2D eigenvalue weighted by Gasteiger charge is 2.24. The molecule has 9 nitrogen and oxygen atoms in total. The second-order valence-corrected chi connectivity index (χ2v) is 7.80. The molecule has 0 aliphatic rings. The minimum atomic E-state index is -0.597. The first-order chi connectivity index (χ1) is 15.8. The Balaban J connectivity index is 1.87. The molecule has 0 saturated heterocycles. The number of methoxy groups -OCH3 is 1. The van der Waals surface area contributed by atoms with Crippen molar-refractivity contribution in [2.24, 2.45) is 5.92 Å². The first-order valence-corrected chi connectivity index (χ1v) is 10.5. The minimum absolute atomic E-state index is 0.0420. The molecule has 1 aromatic heterocycles. The van der Waals surface area contributed by atoms with E-state index in [0.29, 0.717) is 28.4 Å². The molecule has 33 heavy (non-hydrogen) atoms. The van der Waals surface area contributed by atoms with E-state index >= 15 is 0 Å². The van der Waals surface area contributed by atoms with Crippen molar-refractivity contribution >= 4 is 40.2 Å². The van der Waals surface area contributed by atoms with E-state index in [2.05, 4.69) is 25.9 Å². The summed E-state index contributed by atoms with van der Waals surface area (Å²) in [5.74, 6) is -0.229. The van der Waals surface area contributed by atoms with Gasteiger partial charge in [-0.25, -0.2) is 14.8 Å². The maximum Gasteiger partial charge on any atom is 0.328 e. The second kappa shape index (κ2) is 10.5. The lowest BCUT2D eigenvalue weighted by Gasteiger charge is -2.21. The second-order valence-electron chi connectivity index (χ2n) is 7.80. The highest BCUT2D eigenvalue weighted by molar-refractivity contribution is 6.03. The van der Waals surface area contributed by atoms with Crippen LogP contribution >= 0.6 is 0 Å². The van der Waals surface area contributed by atoms with Crippen LogP contribution < -0.4 is 16.0 Å². The molecule has 0 aliphatic heterocycles. The fourth-order valence-electron chi connectivity index (χ4n) is 3.32. The Labute approximate surface area is 192 Å². The molecule has 0 unspecified atom stereocenters. The summed E-state index contributed by atoms with van der Waals surface area (Å²) in [4.78, 5) is 45.5. The van der Waals surface area contributed by atoms with Crippen molar-refractivity contribution in [2.75, 3.05) is 17.7 Å². The average Bonchev–Trinajstić information content (AvgIpc) is 2.80. The van der Waals surface area contributed by atoms with Gasteiger partial charge in [0, 0.05) is 12.3 Å². The van der Waals surface area contributed by atoms with E-state index in [1.807, 2.05) is 38.1 Å². The van der Waals surface area contributed by atoms with Crippen LogP contribution in [0.5, 0.6) is 0 Å². The number of aromatic nitrogens is 2. The topological polar surface area (TPSA) is 122 Å².